The lowest BCUT2D eigenvalue weighted by molar-refractivity contribution is -0.120. The second-order valence-corrected chi connectivity index (χ2v) is 6.91. The van der Waals surface area contributed by atoms with Gasteiger partial charge in [-0.05, 0) is 47.4 Å². The van der Waals surface area contributed by atoms with Gasteiger partial charge in [0.2, 0.25) is 11.1 Å². The van der Waals surface area contributed by atoms with E-state index in [1.54, 1.807) is 4.68 Å². The van der Waals surface area contributed by atoms with E-state index in [0.29, 0.717) is 5.16 Å². The average Bonchev–Trinajstić information content (AvgIpc) is 2.94. The number of carbonyl (C=O) groups excluding carboxylic acids is 2. The van der Waals surface area contributed by atoms with Gasteiger partial charge in [0.05, 0.1) is 10.9 Å². The normalized spacial score (nSPS) is 12.2. The number of tetrazole rings is 1. The summed E-state index contributed by atoms with van der Waals surface area (Å²) < 4.78 is 1.60. The Balaban J connectivity index is 2.33. The van der Waals surface area contributed by atoms with Gasteiger partial charge in [0.1, 0.15) is 0 Å². The SMILES string of the molecule is Cc1ccc(C)c(-n2nnnc2S[C@@H](C(=O)NC(N)=O)C(C)C)c1. The lowest BCUT2D eigenvalue weighted by Crippen LogP contribution is -2.42. The van der Waals surface area contributed by atoms with E-state index in [0.717, 1.165) is 16.8 Å². The Bertz CT molecular complexity index is 758. The fourth-order valence-corrected chi connectivity index (χ4v) is 3.13. The fourth-order valence-electron chi connectivity index (χ4n) is 2.15. The van der Waals surface area contributed by atoms with Crippen molar-refractivity contribution in [3.63, 3.8) is 0 Å². The summed E-state index contributed by atoms with van der Waals surface area (Å²) in [5.41, 5.74) is 7.97. The summed E-state index contributed by atoms with van der Waals surface area (Å²) in [6.45, 7) is 7.70. The van der Waals surface area contributed by atoms with Crippen molar-refractivity contribution in [3.8, 4) is 5.69 Å². The maximum atomic E-state index is 12.2. The number of nitrogens with two attached hydrogens (primary N) is 1. The van der Waals surface area contributed by atoms with E-state index in [2.05, 4.69) is 20.8 Å². The number of aryl methyl sites for hydroxylation is 2. The van der Waals surface area contributed by atoms with Crippen molar-refractivity contribution < 1.29 is 9.59 Å². The van der Waals surface area contributed by atoms with Crippen molar-refractivity contribution in [1.29, 1.82) is 0 Å². The first-order valence-electron chi connectivity index (χ1n) is 7.42. The predicted octanol–water partition coefficient (Wildman–Crippen LogP) is 1.59. The van der Waals surface area contributed by atoms with Crippen LogP contribution in [0.2, 0.25) is 0 Å². The highest BCUT2D eigenvalue weighted by atomic mass is 32.2. The Hall–Kier alpha value is -2.42. The molecule has 0 bridgehead atoms. The van der Waals surface area contributed by atoms with Crippen LogP contribution in [-0.2, 0) is 4.79 Å². The second-order valence-electron chi connectivity index (χ2n) is 5.80. The van der Waals surface area contributed by atoms with Crippen LogP contribution < -0.4 is 11.1 Å². The molecule has 8 nitrogen and oxygen atoms in total. The number of urea groups is 1. The molecule has 9 heteroatoms. The second kappa shape index (κ2) is 7.43. The standard InChI is InChI=1S/C15H20N6O2S/c1-8(2)12(13(22)17-14(16)23)24-15-18-19-20-21(15)11-7-9(3)5-6-10(11)4/h5-8,12H,1-4H3,(H3,16,17,22,23)/t12-/m1/s1. The van der Waals surface area contributed by atoms with E-state index in [1.165, 1.54) is 11.8 Å². The number of imide groups is 1. The zero-order valence-electron chi connectivity index (χ0n) is 14.0. The molecule has 128 valence electrons. The predicted molar refractivity (Wildman–Crippen MR) is 90.8 cm³/mol. The number of primary amides is 1. The Morgan fingerprint density at radius 3 is 2.62 bits per heavy atom. The zero-order chi connectivity index (χ0) is 17.9. The maximum Gasteiger partial charge on any atom is 0.318 e. The summed E-state index contributed by atoms with van der Waals surface area (Å²) in [4.78, 5) is 23.1. The smallest absolute Gasteiger partial charge is 0.318 e. The number of hydrogen-bond acceptors (Lipinski definition) is 6. The Kier molecular flexibility index (Phi) is 5.55. The molecule has 0 aliphatic heterocycles. The number of benzene rings is 1. The van der Waals surface area contributed by atoms with Gasteiger partial charge in [0.15, 0.2) is 0 Å². The van der Waals surface area contributed by atoms with Crippen LogP contribution in [0.3, 0.4) is 0 Å². The van der Waals surface area contributed by atoms with Gasteiger partial charge in [-0.25, -0.2) is 4.79 Å². The van der Waals surface area contributed by atoms with Crippen molar-refractivity contribution >= 4 is 23.7 Å². The van der Waals surface area contributed by atoms with Crippen LogP contribution in [0.4, 0.5) is 4.79 Å². The van der Waals surface area contributed by atoms with Gasteiger partial charge in [0.25, 0.3) is 0 Å². The van der Waals surface area contributed by atoms with Gasteiger partial charge < -0.3 is 5.73 Å². The first kappa shape index (κ1) is 17.9. The molecular weight excluding hydrogens is 328 g/mol. The summed E-state index contributed by atoms with van der Waals surface area (Å²) in [5.74, 6) is -0.504. The highest BCUT2D eigenvalue weighted by Crippen LogP contribution is 2.28. The summed E-state index contributed by atoms with van der Waals surface area (Å²) in [5, 5.41) is 13.8. The first-order chi connectivity index (χ1) is 11.3. The van der Waals surface area contributed by atoms with Crippen molar-refractivity contribution in [2.24, 2.45) is 11.7 Å². The highest BCUT2D eigenvalue weighted by Gasteiger charge is 2.27. The third-order valence-electron chi connectivity index (χ3n) is 3.38. The number of nitrogens with zero attached hydrogens (tertiary/aromatic N) is 4. The van der Waals surface area contributed by atoms with Gasteiger partial charge in [-0.2, -0.15) is 4.68 Å². The molecule has 0 unspecified atom stereocenters. The summed E-state index contributed by atoms with van der Waals surface area (Å²) in [6, 6.07) is 5.09. The molecule has 3 N–H and O–H groups in total. The number of thioether (sulfide) groups is 1. The maximum absolute atomic E-state index is 12.2. The topological polar surface area (TPSA) is 116 Å². The Labute approximate surface area is 144 Å². The molecule has 3 amide bonds. The number of amides is 3. The zero-order valence-corrected chi connectivity index (χ0v) is 14.8. The molecule has 0 radical (unpaired) electrons. The van der Waals surface area contributed by atoms with Crippen LogP contribution in [0.1, 0.15) is 25.0 Å². The van der Waals surface area contributed by atoms with Crippen LogP contribution >= 0.6 is 11.8 Å². The van der Waals surface area contributed by atoms with Crippen LogP contribution in [0.5, 0.6) is 0 Å². The third-order valence-corrected chi connectivity index (χ3v) is 4.85. The van der Waals surface area contributed by atoms with Crippen LogP contribution in [-0.4, -0.2) is 37.4 Å². The number of aromatic nitrogens is 4. The molecule has 0 saturated heterocycles. The monoisotopic (exact) mass is 348 g/mol. The van der Waals surface area contributed by atoms with Gasteiger partial charge in [-0.1, -0.05) is 37.7 Å². The molecule has 2 aromatic rings. The van der Waals surface area contributed by atoms with E-state index in [1.807, 2.05) is 45.9 Å². The first-order valence-corrected chi connectivity index (χ1v) is 8.30. The molecule has 0 fully saturated rings. The molecule has 0 aliphatic carbocycles. The number of hydrogen-bond donors (Lipinski definition) is 2. The minimum atomic E-state index is -0.875. The quantitative estimate of drug-likeness (QED) is 0.793. The molecule has 1 atom stereocenters. The van der Waals surface area contributed by atoms with Gasteiger partial charge in [-0.15, -0.1) is 5.10 Å². The van der Waals surface area contributed by atoms with E-state index in [-0.39, 0.29) is 5.92 Å². The van der Waals surface area contributed by atoms with Crippen LogP contribution in [0, 0.1) is 19.8 Å². The molecule has 1 aromatic heterocycles. The van der Waals surface area contributed by atoms with Gasteiger partial charge >= 0.3 is 6.03 Å². The molecule has 0 spiro atoms. The van der Waals surface area contributed by atoms with E-state index in [9.17, 15) is 9.59 Å². The Morgan fingerprint density at radius 1 is 1.29 bits per heavy atom. The number of nitrogens with one attached hydrogen (secondary N) is 1. The molecule has 1 aromatic carbocycles. The third kappa shape index (κ3) is 4.10. The summed E-state index contributed by atoms with van der Waals surface area (Å²) in [6.07, 6.45) is 0. The van der Waals surface area contributed by atoms with E-state index in [4.69, 9.17) is 5.73 Å². The lowest BCUT2D eigenvalue weighted by atomic mass is 10.1. The minimum Gasteiger partial charge on any atom is -0.351 e. The number of rotatable bonds is 5. The summed E-state index contributed by atoms with van der Waals surface area (Å²) in [7, 11) is 0. The van der Waals surface area contributed by atoms with Gasteiger partial charge in [-0.3, -0.25) is 10.1 Å². The van der Waals surface area contributed by atoms with Crippen molar-refractivity contribution in [2.45, 2.75) is 38.1 Å². The number of carbonyl (C=O) groups is 2. The van der Waals surface area contributed by atoms with Crippen LogP contribution in [0.15, 0.2) is 23.4 Å². The van der Waals surface area contributed by atoms with Crippen LogP contribution in [0.25, 0.3) is 5.69 Å². The minimum absolute atomic E-state index is 0.0434. The largest absolute Gasteiger partial charge is 0.351 e. The van der Waals surface area contributed by atoms with Crippen molar-refractivity contribution in [2.75, 3.05) is 0 Å². The Morgan fingerprint density at radius 2 is 2.00 bits per heavy atom. The molecule has 0 saturated carbocycles. The summed E-state index contributed by atoms with van der Waals surface area (Å²) >= 11 is 1.20. The molecule has 2 rings (SSSR count). The lowest BCUT2D eigenvalue weighted by Gasteiger charge is -2.18. The highest BCUT2D eigenvalue weighted by molar-refractivity contribution is 8.00. The van der Waals surface area contributed by atoms with E-state index < -0.39 is 17.2 Å². The van der Waals surface area contributed by atoms with Crippen molar-refractivity contribution in [1.82, 2.24) is 25.5 Å². The molecular formula is C15H20N6O2S. The fraction of sp³-hybridized carbons (Fsp3) is 0.400. The average molecular weight is 348 g/mol. The van der Waals surface area contributed by atoms with E-state index >= 15 is 0 Å². The van der Waals surface area contributed by atoms with Crippen molar-refractivity contribution in [3.05, 3.63) is 29.3 Å². The molecule has 0 aliphatic rings. The molecule has 24 heavy (non-hydrogen) atoms. The van der Waals surface area contributed by atoms with Gasteiger partial charge in [0, 0.05) is 0 Å². The molecule has 1 heterocycles.